The highest BCUT2D eigenvalue weighted by Gasteiger charge is 2.39. The van der Waals surface area contributed by atoms with Gasteiger partial charge in [0.05, 0.1) is 6.20 Å². The molecule has 140 valence electrons. The van der Waals surface area contributed by atoms with Gasteiger partial charge in [-0.1, -0.05) is 0 Å². The first-order valence-electron chi connectivity index (χ1n) is 9.53. The van der Waals surface area contributed by atoms with Crippen molar-refractivity contribution < 1.29 is 4.79 Å². The van der Waals surface area contributed by atoms with E-state index in [1.807, 2.05) is 15.8 Å². The molecular formula is C19H28N6O. The predicted molar refractivity (Wildman–Crippen MR) is 99.3 cm³/mol. The predicted octanol–water partition coefficient (Wildman–Crippen LogP) is 2.29. The number of carbonyl (C=O) groups is 1. The van der Waals surface area contributed by atoms with E-state index < -0.39 is 0 Å². The number of terminal acetylenes is 1. The first kappa shape index (κ1) is 18.6. The van der Waals surface area contributed by atoms with Crippen molar-refractivity contribution in [2.75, 3.05) is 26.2 Å². The molecule has 0 aliphatic carbocycles. The third kappa shape index (κ3) is 4.92. The van der Waals surface area contributed by atoms with Crippen molar-refractivity contribution >= 4 is 5.91 Å². The van der Waals surface area contributed by atoms with E-state index in [1.54, 1.807) is 0 Å². The van der Waals surface area contributed by atoms with Crippen LogP contribution in [0.5, 0.6) is 0 Å². The number of nitrogens with zero attached hydrogens (tertiary/aromatic N) is 6. The smallest absolute Gasteiger partial charge is 0.222 e. The van der Waals surface area contributed by atoms with E-state index in [1.165, 1.54) is 5.56 Å². The summed E-state index contributed by atoms with van der Waals surface area (Å²) in [6, 6.07) is 0. The van der Waals surface area contributed by atoms with Gasteiger partial charge in [0.25, 0.3) is 0 Å². The van der Waals surface area contributed by atoms with Crippen molar-refractivity contribution in [3.63, 3.8) is 0 Å². The van der Waals surface area contributed by atoms with Gasteiger partial charge in [0.15, 0.2) is 5.66 Å². The number of hydrogen-bond donors (Lipinski definition) is 0. The minimum Gasteiger partial charge on any atom is -0.341 e. The largest absolute Gasteiger partial charge is 0.341 e. The van der Waals surface area contributed by atoms with Crippen molar-refractivity contribution in [3.8, 4) is 12.3 Å². The van der Waals surface area contributed by atoms with Crippen molar-refractivity contribution in [2.45, 2.75) is 57.8 Å². The van der Waals surface area contributed by atoms with E-state index in [9.17, 15) is 4.79 Å². The number of aromatic nitrogens is 2. The fourth-order valence-electron chi connectivity index (χ4n) is 3.43. The maximum Gasteiger partial charge on any atom is 0.222 e. The molecule has 0 N–H and O–H groups in total. The van der Waals surface area contributed by atoms with E-state index in [0.29, 0.717) is 19.3 Å². The van der Waals surface area contributed by atoms with E-state index in [-0.39, 0.29) is 11.6 Å². The van der Waals surface area contributed by atoms with Gasteiger partial charge in [0.2, 0.25) is 5.91 Å². The van der Waals surface area contributed by atoms with Crippen LogP contribution in [0.3, 0.4) is 0 Å². The van der Waals surface area contributed by atoms with Crippen LogP contribution in [0.1, 0.15) is 44.6 Å². The lowest BCUT2D eigenvalue weighted by molar-refractivity contribution is -0.131. The second-order valence-electron chi connectivity index (χ2n) is 7.10. The van der Waals surface area contributed by atoms with Gasteiger partial charge in [0.1, 0.15) is 0 Å². The Hall–Kier alpha value is -2.20. The first-order valence-corrected chi connectivity index (χ1v) is 9.53. The Morgan fingerprint density at radius 3 is 2.81 bits per heavy atom. The minimum atomic E-state index is -0.362. The van der Waals surface area contributed by atoms with Crippen LogP contribution >= 0.6 is 0 Å². The molecule has 3 rings (SSSR count). The highest BCUT2D eigenvalue weighted by Crippen LogP contribution is 2.37. The summed E-state index contributed by atoms with van der Waals surface area (Å²) in [5.74, 6) is 2.84. The highest BCUT2D eigenvalue weighted by molar-refractivity contribution is 5.76. The van der Waals surface area contributed by atoms with Crippen LogP contribution in [0.2, 0.25) is 0 Å². The summed E-state index contributed by atoms with van der Waals surface area (Å²) in [4.78, 5) is 17.0. The summed E-state index contributed by atoms with van der Waals surface area (Å²) in [5.41, 5.74) is 0.873. The molecule has 1 amide bonds. The SMILES string of the molecule is C#CCCC1(CCC(=O)N2CCCN(Cc3cnn(CC)c3)CC2)N=N1. The van der Waals surface area contributed by atoms with Crippen molar-refractivity contribution in [1.82, 2.24) is 19.6 Å². The molecule has 7 heteroatoms. The lowest BCUT2D eigenvalue weighted by Gasteiger charge is -2.22. The van der Waals surface area contributed by atoms with Crippen LogP contribution in [0, 0.1) is 12.3 Å². The van der Waals surface area contributed by atoms with Crippen molar-refractivity contribution in [1.29, 1.82) is 0 Å². The van der Waals surface area contributed by atoms with Crippen LogP contribution in [0.15, 0.2) is 22.6 Å². The van der Waals surface area contributed by atoms with E-state index >= 15 is 0 Å². The molecule has 3 heterocycles. The van der Waals surface area contributed by atoms with Crippen molar-refractivity contribution in [2.24, 2.45) is 10.2 Å². The van der Waals surface area contributed by atoms with Crippen LogP contribution in [0.25, 0.3) is 0 Å². The molecule has 2 aliphatic rings. The maximum absolute atomic E-state index is 12.6. The molecule has 1 aromatic rings. The number of hydrogen-bond acceptors (Lipinski definition) is 5. The number of aryl methyl sites for hydroxylation is 1. The standard InChI is InChI=1S/C19H28N6O/c1-3-5-8-19(21-22-19)9-7-18(26)24-11-6-10-23(12-13-24)15-17-14-20-25(4-2)16-17/h1,14,16H,4-13,15H2,2H3. The molecule has 0 aromatic carbocycles. The average Bonchev–Trinajstić information content (AvgIpc) is 3.35. The Balaban J connectivity index is 1.43. The quantitative estimate of drug-likeness (QED) is 0.671. The molecule has 1 saturated heterocycles. The lowest BCUT2D eigenvalue weighted by atomic mass is 10.0. The van der Waals surface area contributed by atoms with Gasteiger partial charge in [-0.3, -0.25) is 14.4 Å². The summed E-state index contributed by atoms with van der Waals surface area (Å²) in [6.07, 6.45) is 13.0. The summed E-state index contributed by atoms with van der Waals surface area (Å²) < 4.78 is 1.95. The van der Waals surface area contributed by atoms with Gasteiger partial charge in [0, 0.05) is 76.7 Å². The molecule has 0 atom stereocenters. The fourth-order valence-corrected chi connectivity index (χ4v) is 3.43. The number of rotatable bonds is 8. The minimum absolute atomic E-state index is 0.211. The van der Waals surface area contributed by atoms with Crippen molar-refractivity contribution in [3.05, 3.63) is 18.0 Å². The highest BCUT2D eigenvalue weighted by atomic mass is 16.2. The molecule has 0 radical (unpaired) electrons. The molecule has 1 aromatic heterocycles. The number of amides is 1. The molecular weight excluding hydrogens is 328 g/mol. The van der Waals surface area contributed by atoms with Crippen LogP contribution in [-0.4, -0.2) is 57.3 Å². The van der Waals surface area contributed by atoms with E-state index in [0.717, 1.165) is 52.1 Å². The fraction of sp³-hybridized carbons (Fsp3) is 0.684. The van der Waals surface area contributed by atoms with Crippen LogP contribution in [0.4, 0.5) is 0 Å². The van der Waals surface area contributed by atoms with Gasteiger partial charge in [-0.2, -0.15) is 15.3 Å². The van der Waals surface area contributed by atoms with Gasteiger partial charge in [-0.25, -0.2) is 0 Å². The van der Waals surface area contributed by atoms with Gasteiger partial charge < -0.3 is 4.90 Å². The van der Waals surface area contributed by atoms with Gasteiger partial charge in [-0.05, 0) is 13.3 Å². The number of carbonyl (C=O) groups excluding carboxylic acids is 1. The first-order chi connectivity index (χ1) is 12.6. The molecule has 0 bridgehead atoms. The molecule has 0 unspecified atom stereocenters. The second kappa shape index (κ2) is 8.45. The monoisotopic (exact) mass is 356 g/mol. The summed E-state index contributed by atoms with van der Waals surface area (Å²) in [7, 11) is 0. The molecule has 26 heavy (non-hydrogen) atoms. The van der Waals surface area contributed by atoms with E-state index in [2.05, 4.69) is 39.3 Å². The van der Waals surface area contributed by atoms with Gasteiger partial charge in [-0.15, -0.1) is 12.3 Å². The zero-order valence-electron chi connectivity index (χ0n) is 15.6. The Morgan fingerprint density at radius 1 is 1.27 bits per heavy atom. The lowest BCUT2D eigenvalue weighted by Crippen LogP contribution is -2.35. The molecule has 1 fully saturated rings. The van der Waals surface area contributed by atoms with E-state index in [4.69, 9.17) is 6.42 Å². The Bertz CT molecular complexity index is 682. The Kier molecular flexibility index (Phi) is 6.04. The summed E-state index contributed by atoms with van der Waals surface area (Å²) in [5, 5.41) is 12.6. The Labute approximate surface area is 155 Å². The molecule has 7 nitrogen and oxygen atoms in total. The zero-order valence-corrected chi connectivity index (χ0v) is 15.6. The molecule has 0 saturated carbocycles. The normalized spacial score (nSPS) is 19.2. The third-order valence-electron chi connectivity index (χ3n) is 5.15. The third-order valence-corrected chi connectivity index (χ3v) is 5.15. The zero-order chi connectivity index (χ0) is 18.4. The van der Waals surface area contributed by atoms with Crippen LogP contribution in [-0.2, 0) is 17.9 Å². The van der Waals surface area contributed by atoms with Gasteiger partial charge >= 0.3 is 0 Å². The topological polar surface area (TPSA) is 66.1 Å². The Morgan fingerprint density at radius 2 is 2.12 bits per heavy atom. The summed E-state index contributed by atoms with van der Waals surface area (Å²) >= 11 is 0. The average molecular weight is 356 g/mol. The molecule has 2 aliphatic heterocycles. The molecule has 0 spiro atoms. The summed E-state index contributed by atoms with van der Waals surface area (Å²) in [6.45, 7) is 7.41. The second-order valence-corrected chi connectivity index (χ2v) is 7.10. The van der Waals surface area contributed by atoms with Crippen LogP contribution < -0.4 is 0 Å². The maximum atomic E-state index is 12.6.